The summed E-state index contributed by atoms with van der Waals surface area (Å²) in [5.74, 6) is -0.331. The molecule has 0 radical (unpaired) electrons. The highest BCUT2D eigenvalue weighted by Gasteiger charge is 2.21. The van der Waals surface area contributed by atoms with Crippen LogP contribution in [0.4, 0.5) is 0 Å². The van der Waals surface area contributed by atoms with Gasteiger partial charge in [-0.3, -0.25) is 9.59 Å². The quantitative estimate of drug-likeness (QED) is 0.873. The number of hydrogen-bond acceptors (Lipinski definition) is 3. The normalized spacial score (nSPS) is 15.9. The number of aliphatic hydroxyl groups excluding tert-OH is 1. The predicted molar refractivity (Wildman–Crippen MR) is 80.1 cm³/mol. The summed E-state index contributed by atoms with van der Waals surface area (Å²) < 4.78 is 0. The van der Waals surface area contributed by atoms with Gasteiger partial charge in [0.25, 0.3) is 5.91 Å². The van der Waals surface area contributed by atoms with Crippen molar-refractivity contribution in [2.75, 3.05) is 19.6 Å². The van der Waals surface area contributed by atoms with E-state index in [4.69, 9.17) is 0 Å². The average molecular weight is 290 g/mol. The third-order valence-electron chi connectivity index (χ3n) is 3.99. The summed E-state index contributed by atoms with van der Waals surface area (Å²) in [6, 6.07) is 5.49. The summed E-state index contributed by atoms with van der Waals surface area (Å²) in [5, 5.41) is 12.1. The Morgan fingerprint density at radius 2 is 1.90 bits per heavy atom. The molecule has 0 aromatic heterocycles. The Bertz CT molecular complexity index is 534. The Balaban J connectivity index is 1.86. The number of aryl methyl sites for hydroxylation is 2. The SMILES string of the molecule is Cc1ccc(C(=O)NCC(=O)N2CCC(O)CC2)cc1C. The predicted octanol–water partition coefficient (Wildman–Crippen LogP) is 1.02. The standard InChI is InChI=1S/C16H22N2O3/c1-11-3-4-13(9-12(11)2)16(21)17-10-15(20)18-7-5-14(19)6-8-18/h3-4,9,14,19H,5-8,10H2,1-2H3,(H,17,21). The maximum atomic E-state index is 12.0. The molecule has 1 saturated heterocycles. The maximum absolute atomic E-state index is 12.0. The third-order valence-corrected chi connectivity index (χ3v) is 3.99. The first-order valence-corrected chi connectivity index (χ1v) is 7.28. The summed E-state index contributed by atoms with van der Waals surface area (Å²) in [6.07, 6.45) is 0.910. The molecule has 5 nitrogen and oxygen atoms in total. The van der Waals surface area contributed by atoms with Crippen LogP contribution in [-0.4, -0.2) is 47.6 Å². The van der Waals surface area contributed by atoms with Gasteiger partial charge in [-0.2, -0.15) is 0 Å². The van der Waals surface area contributed by atoms with Crippen molar-refractivity contribution in [2.24, 2.45) is 0 Å². The molecule has 1 aliphatic rings. The minimum atomic E-state index is -0.306. The van der Waals surface area contributed by atoms with Crippen LogP contribution in [0.1, 0.15) is 34.3 Å². The Labute approximate surface area is 125 Å². The van der Waals surface area contributed by atoms with Gasteiger partial charge in [0.1, 0.15) is 0 Å². The summed E-state index contributed by atoms with van der Waals surface area (Å²) in [4.78, 5) is 25.7. The Morgan fingerprint density at radius 1 is 1.24 bits per heavy atom. The van der Waals surface area contributed by atoms with E-state index in [0.717, 1.165) is 11.1 Å². The number of piperidine rings is 1. The van der Waals surface area contributed by atoms with Gasteiger partial charge in [-0.05, 0) is 49.9 Å². The molecule has 1 heterocycles. The van der Waals surface area contributed by atoms with Crippen molar-refractivity contribution in [3.63, 3.8) is 0 Å². The van der Waals surface area contributed by atoms with E-state index < -0.39 is 0 Å². The third kappa shape index (κ3) is 4.04. The van der Waals surface area contributed by atoms with E-state index in [1.165, 1.54) is 0 Å². The minimum absolute atomic E-state index is 0.00184. The summed E-state index contributed by atoms with van der Waals surface area (Å²) in [5.41, 5.74) is 2.76. The number of benzene rings is 1. The van der Waals surface area contributed by atoms with Crippen LogP contribution in [0.25, 0.3) is 0 Å². The van der Waals surface area contributed by atoms with Crippen molar-refractivity contribution in [1.29, 1.82) is 0 Å². The molecular weight excluding hydrogens is 268 g/mol. The van der Waals surface area contributed by atoms with E-state index in [9.17, 15) is 14.7 Å². The fraction of sp³-hybridized carbons (Fsp3) is 0.500. The molecule has 2 amide bonds. The van der Waals surface area contributed by atoms with E-state index in [2.05, 4.69) is 5.32 Å². The smallest absolute Gasteiger partial charge is 0.251 e. The average Bonchev–Trinajstić information content (AvgIpc) is 2.48. The van der Waals surface area contributed by atoms with Crippen LogP contribution in [-0.2, 0) is 4.79 Å². The first-order valence-electron chi connectivity index (χ1n) is 7.28. The van der Waals surface area contributed by atoms with Gasteiger partial charge in [0.2, 0.25) is 5.91 Å². The second-order valence-corrected chi connectivity index (χ2v) is 5.59. The van der Waals surface area contributed by atoms with Crippen molar-refractivity contribution in [2.45, 2.75) is 32.8 Å². The van der Waals surface area contributed by atoms with Crippen LogP contribution < -0.4 is 5.32 Å². The van der Waals surface area contributed by atoms with Crippen LogP contribution in [0.3, 0.4) is 0 Å². The first kappa shape index (κ1) is 15.5. The molecule has 1 fully saturated rings. The number of carbonyl (C=O) groups is 2. The Kier molecular flexibility index (Phi) is 4.96. The number of hydrogen-bond donors (Lipinski definition) is 2. The van der Waals surface area contributed by atoms with Crippen LogP contribution in [0.2, 0.25) is 0 Å². The minimum Gasteiger partial charge on any atom is -0.393 e. The molecule has 114 valence electrons. The first-order chi connectivity index (χ1) is 9.97. The lowest BCUT2D eigenvalue weighted by Crippen LogP contribution is -2.45. The molecule has 0 bridgehead atoms. The fourth-order valence-electron chi connectivity index (χ4n) is 2.37. The van der Waals surface area contributed by atoms with Gasteiger partial charge in [-0.15, -0.1) is 0 Å². The van der Waals surface area contributed by atoms with Gasteiger partial charge in [0.15, 0.2) is 0 Å². The molecule has 1 aromatic carbocycles. The largest absolute Gasteiger partial charge is 0.393 e. The maximum Gasteiger partial charge on any atom is 0.251 e. The lowest BCUT2D eigenvalue weighted by molar-refractivity contribution is -0.132. The number of rotatable bonds is 3. The molecule has 21 heavy (non-hydrogen) atoms. The van der Waals surface area contributed by atoms with Gasteiger partial charge in [-0.25, -0.2) is 0 Å². The zero-order chi connectivity index (χ0) is 15.4. The van der Waals surface area contributed by atoms with Crippen molar-refractivity contribution < 1.29 is 14.7 Å². The Hall–Kier alpha value is -1.88. The van der Waals surface area contributed by atoms with E-state index in [1.807, 2.05) is 26.0 Å². The fourth-order valence-corrected chi connectivity index (χ4v) is 2.37. The second kappa shape index (κ2) is 6.72. The molecule has 1 aliphatic heterocycles. The van der Waals surface area contributed by atoms with Gasteiger partial charge < -0.3 is 15.3 Å². The molecule has 1 aromatic rings. The molecule has 0 aliphatic carbocycles. The van der Waals surface area contributed by atoms with E-state index in [-0.39, 0.29) is 24.5 Å². The summed E-state index contributed by atoms with van der Waals surface area (Å²) in [7, 11) is 0. The van der Waals surface area contributed by atoms with Crippen molar-refractivity contribution in [3.8, 4) is 0 Å². The molecule has 2 rings (SSSR count). The molecule has 2 N–H and O–H groups in total. The number of nitrogens with zero attached hydrogens (tertiary/aromatic N) is 1. The highest BCUT2D eigenvalue weighted by Crippen LogP contribution is 2.11. The molecular formula is C16H22N2O3. The van der Waals surface area contributed by atoms with Crippen LogP contribution >= 0.6 is 0 Å². The van der Waals surface area contributed by atoms with Crippen LogP contribution in [0.5, 0.6) is 0 Å². The molecule has 0 atom stereocenters. The number of likely N-dealkylation sites (tertiary alicyclic amines) is 1. The van der Waals surface area contributed by atoms with Crippen molar-refractivity contribution >= 4 is 11.8 Å². The van der Waals surface area contributed by atoms with Crippen LogP contribution in [0.15, 0.2) is 18.2 Å². The van der Waals surface area contributed by atoms with Gasteiger partial charge in [-0.1, -0.05) is 6.07 Å². The molecule has 5 heteroatoms. The monoisotopic (exact) mass is 290 g/mol. The molecule has 0 spiro atoms. The van der Waals surface area contributed by atoms with E-state index in [1.54, 1.807) is 11.0 Å². The Morgan fingerprint density at radius 3 is 2.52 bits per heavy atom. The number of amides is 2. The highest BCUT2D eigenvalue weighted by atomic mass is 16.3. The summed E-state index contributed by atoms with van der Waals surface area (Å²) in [6.45, 7) is 5.06. The van der Waals surface area contributed by atoms with Crippen molar-refractivity contribution in [3.05, 3.63) is 34.9 Å². The zero-order valence-electron chi connectivity index (χ0n) is 12.6. The number of nitrogens with one attached hydrogen (secondary N) is 1. The van der Waals surface area contributed by atoms with E-state index >= 15 is 0 Å². The second-order valence-electron chi connectivity index (χ2n) is 5.59. The van der Waals surface area contributed by atoms with Gasteiger partial charge >= 0.3 is 0 Å². The topological polar surface area (TPSA) is 69.6 Å². The number of carbonyl (C=O) groups excluding carboxylic acids is 2. The lowest BCUT2D eigenvalue weighted by atomic mass is 10.1. The van der Waals surface area contributed by atoms with E-state index in [0.29, 0.717) is 31.5 Å². The van der Waals surface area contributed by atoms with Crippen molar-refractivity contribution in [1.82, 2.24) is 10.2 Å². The molecule has 0 saturated carbocycles. The summed E-state index contributed by atoms with van der Waals surface area (Å²) >= 11 is 0. The van der Waals surface area contributed by atoms with Gasteiger partial charge in [0.05, 0.1) is 12.6 Å². The van der Waals surface area contributed by atoms with Crippen LogP contribution in [0, 0.1) is 13.8 Å². The molecule has 0 unspecified atom stereocenters. The van der Waals surface area contributed by atoms with Gasteiger partial charge in [0, 0.05) is 18.7 Å². The zero-order valence-corrected chi connectivity index (χ0v) is 12.6. The number of aliphatic hydroxyl groups is 1. The lowest BCUT2D eigenvalue weighted by Gasteiger charge is -2.29. The highest BCUT2D eigenvalue weighted by molar-refractivity contribution is 5.96.